The number of hydrogen-bond acceptors (Lipinski definition) is 3. The summed E-state index contributed by atoms with van der Waals surface area (Å²) in [5, 5.41) is 0. The number of ether oxygens (including phenoxy) is 2. The Bertz CT molecular complexity index is 360. The van der Waals surface area contributed by atoms with Crippen LogP contribution in [-0.4, -0.2) is 28.9 Å². The van der Waals surface area contributed by atoms with Crippen molar-refractivity contribution in [3.05, 3.63) is 6.61 Å². The first-order valence-corrected chi connectivity index (χ1v) is 7.66. The minimum absolute atomic E-state index is 0. The van der Waals surface area contributed by atoms with Gasteiger partial charge in [-0.1, -0.05) is 39.0 Å². The van der Waals surface area contributed by atoms with E-state index in [9.17, 15) is 4.79 Å². The molecule has 0 radical (unpaired) electrons. The third kappa shape index (κ3) is 4.18. The van der Waals surface area contributed by atoms with Gasteiger partial charge in [0.2, 0.25) is 0 Å². The predicted molar refractivity (Wildman–Crippen MR) is 77.9 cm³/mol. The normalized spacial score (nSPS) is 26.0. The molecule has 1 heterocycles. The second kappa shape index (κ2) is 6.52. The van der Waals surface area contributed by atoms with Crippen LogP contribution in [0.15, 0.2) is 0 Å². The van der Waals surface area contributed by atoms with E-state index in [4.69, 9.17) is 9.47 Å². The average Bonchev–Trinajstić information content (AvgIpc) is 2.57. The van der Waals surface area contributed by atoms with Gasteiger partial charge in [-0.05, 0) is 27.7 Å². The maximum atomic E-state index is 12.5. The maximum absolute atomic E-state index is 12.5. The van der Waals surface area contributed by atoms with E-state index in [2.05, 4.69) is 6.92 Å². The van der Waals surface area contributed by atoms with Crippen LogP contribution in [0.4, 0.5) is 4.79 Å². The van der Waals surface area contributed by atoms with E-state index < -0.39 is 5.72 Å². The van der Waals surface area contributed by atoms with E-state index in [1.54, 1.807) is 11.5 Å². The molecule has 0 N–H and O–H groups in total. The summed E-state index contributed by atoms with van der Waals surface area (Å²) >= 11 is 0. The first kappa shape index (κ1) is 18.9. The molecule has 4 nitrogen and oxygen atoms in total. The maximum Gasteiger partial charge on any atom is 1.00 e. The van der Waals surface area contributed by atoms with Gasteiger partial charge in [-0.3, -0.25) is 4.90 Å². The fraction of sp³-hybridized carbons (Fsp3) is 0.875. The molecule has 116 valence electrons. The number of carbonyl (C=O) groups excluding carboxylic acids is 1. The van der Waals surface area contributed by atoms with Crippen molar-refractivity contribution in [2.24, 2.45) is 5.41 Å². The molecule has 0 unspecified atom stereocenters. The van der Waals surface area contributed by atoms with Crippen LogP contribution in [0.2, 0.25) is 0 Å². The zero-order chi connectivity index (χ0) is 15.0. The summed E-state index contributed by atoms with van der Waals surface area (Å²) in [5.41, 5.74) is -0.910. The molecule has 0 spiro atoms. The Balaban J connectivity index is 0.00000220. The third-order valence-electron chi connectivity index (χ3n) is 4.55. The van der Waals surface area contributed by atoms with E-state index in [1.165, 1.54) is 19.3 Å². The van der Waals surface area contributed by atoms with E-state index in [0.717, 1.165) is 12.8 Å². The van der Waals surface area contributed by atoms with Crippen LogP contribution >= 0.6 is 0 Å². The molecule has 0 aromatic carbocycles. The van der Waals surface area contributed by atoms with Gasteiger partial charge < -0.3 is 9.47 Å². The smallest absolute Gasteiger partial charge is 0.620 e. The second-order valence-corrected chi connectivity index (χ2v) is 7.60. The van der Waals surface area contributed by atoms with Crippen molar-refractivity contribution in [1.82, 2.24) is 4.90 Å². The molecule has 0 atom stereocenters. The van der Waals surface area contributed by atoms with Crippen LogP contribution in [-0.2, 0) is 9.47 Å². The van der Waals surface area contributed by atoms with Gasteiger partial charge in [0, 0.05) is 0 Å². The standard InChI is InChI=1S/C16H28NO3.Li/c1-14(2)11-20-15(3,4)17(14)13(18)19-12-16(5)9-7-6-8-10-16;/h12H,6-11H2,1-5H3;/q-1;+1. The monoisotopic (exact) mass is 289 g/mol. The quantitative estimate of drug-likeness (QED) is 0.564. The third-order valence-corrected chi connectivity index (χ3v) is 4.55. The largest absolute Gasteiger partial charge is 1.00 e. The molecule has 21 heavy (non-hydrogen) atoms. The van der Waals surface area contributed by atoms with Gasteiger partial charge in [-0.2, -0.15) is 0 Å². The summed E-state index contributed by atoms with van der Waals surface area (Å²) in [6.07, 6.45) is 5.62. The fourth-order valence-electron chi connectivity index (χ4n) is 3.40. The van der Waals surface area contributed by atoms with Crippen molar-refractivity contribution >= 4 is 6.09 Å². The second-order valence-electron chi connectivity index (χ2n) is 7.60. The minimum atomic E-state index is -0.609. The number of amides is 1. The molecule has 1 aliphatic carbocycles. The van der Waals surface area contributed by atoms with Crippen molar-refractivity contribution in [1.29, 1.82) is 0 Å². The van der Waals surface area contributed by atoms with Gasteiger partial charge >= 0.3 is 25.0 Å². The van der Waals surface area contributed by atoms with Crippen molar-refractivity contribution in [2.75, 3.05) is 6.61 Å². The Kier molecular flexibility index (Phi) is 5.86. The molecule has 1 saturated heterocycles. The Morgan fingerprint density at radius 2 is 1.67 bits per heavy atom. The molecule has 0 aromatic heterocycles. The van der Waals surface area contributed by atoms with Crippen LogP contribution in [0, 0.1) is 12.0 Å². The van der Waals surface area contributed by atoms with Gasteiger partial charge in [0.15, 0.2) is 0 Å². The van der Waals surface area contributed by atoms with Gasteiger partial charge in [0.25, 0.3) is 0 Å². The Labute approximate surface area is 141 Å². The molecule has 2 aliphatic rings. The summed E-state index contributed by atoms with van der Waals surface area (Å²) in [6, 6.07) is 0. The van der Waals surface area contributed by atoms with Crippen molar-refractivity contribution in [2.45, 2.75) is 78.0 Å². The molecule has 2 fully saturated rings. The summed E-state index contributed by atoms with van der Waals surface area (Å²) in [4.78, 5) is 14.2. The first-order valence-electron chi connectivity index (χ1n) is 7.66. The van der Waals surface area contributed by atoms with E-state index in [-0.39, 0.29) is 35.9 Å². The fourth-order valence-corrected chi connectivity index (χ4v) is 3.40. The van der Waals surface area contributed by atoms with Crippen LogP contribution < -0.4 is 18.9 Å². The summed E-state index contributed by atoms with van der Waals surface area (Å²) in [7, 11) is 0. The van der Waals surface area contributed by atoms with Crippen LogP contribution in [0.1, 0.15) is 66.7 Å². The van der Waals surface area contributed by atoms with E-state index in [1.807, 2.05) is 27.7 Å². The van der Waals surface area contributed by atoms with Gasteiger partial charge in [-0.15, -0.1) is 12.0 Å². The molecule has 0 aromatic rings. The average molecular weight is 289 g/mol. The van der Waals surface area contributed by atoms with Gasteiger partial charge in [-0.25, -0.2) is 4.79 Å². The van der Waals surface area contributed by atoms with Crippen molar-refractivity contribution in [3.63, 3.8) is 0 Å². The Hall–Kier alpha value is -0.173. The molecule has 5 heteroatoms. The Morgan fingerprint density at radius 1 is 1.10 bits per heavy atom. The Morgan fingerprint density at radius 3 is 2.14 bits per heavy atom. The first-order chi connectivity index (χ1) is 9.16. The number of nitrogens with zero attached hydrogens (tertiary/aromatic N) is 1. The number of carbonyl (C=O) groups is 1. The van der Waals surface area contributed by atoms with Crippen LogP contribution in [0.25, 0.3) is 0 Å². The minimum Gasteiger partial charge on any atom is -0.620 e. The summed E-state index contributed by atoms with van der Waals surface area (Å²) in [5.74, 6) is 0. The van der Waals surface area contributed by atoms with Crippen LogP contribution in [0.3, 0.4) is 0 Å². The van der Waals surface area contributed by atoms with Crippen molar-refractivity contribution in [3.8, 4) is 0 Å². The molecule has 1 saturated carbocycles. The van der Waals surface area contributed by atoms with Crippen LogP contribution in [0.5, 0.6) is 0 Å². The SMILES string of the molecule is CC1([CH-]OC(=O)N2C(C)(C)COC2(C)C)CCCCC1.[Li+]. The topological polar surface area (TPSA) is 38.8 Å². The van der Waals surface area contributed by atoms with Gasteiger partial charge in [0.05, 0.1) is 12.1 Å². The predicted octanol–water partition coefficient (Wildman–Crippen LogP) is 1.11. The summed E-state index contributed by atoms with van der Waals surface area (Å²) in [6.45, 7) is 12.3. The molecule has 1 amide bonds. The van der Waals surface area contributed by atoms with Crippen molar-refractivity contribution < 1.29 is 33.1 Å². The molecular weight excluding hydrogens is 261 g/mol. The zero-order valence-electron chi connectivity index (χ0n) is 14.5. The number of hydrogen-bond donors (Lipinski definition) is 0. The molecule has 0 bridgehead atoms. The summed E-state index contributed by atoms with van der Waals surface area (Å²) < 4.78 is 11.2. The van der Waals surface area contributed by atoms with E-state index in [0.29, 0.717) is 6.61 Å². The number of rotatable bonds is 2. The molecule has 1 aliphatic heterocycles. The molecule has 2 rings (SSSR count). The van der Waals surface area contributed by atoms with E-state index >= 15 is 0 Å². The van der Waals surface area contributed by atoms with Gasteiger partial charge in [0.1, 0.15) is 5.72 Å². The zero-order valence-corrected chi connectivity index (χ0v) is 14.5. The molecular formula is C16H28LiNO3.